The maximum absolute atomic E-state index is 13.1. The van der Waals surface area contributed by atoms with E-state index in [0.717, 1.165) is 25.8 Å². The largest absolute Gasteiger partial charge is 0.330 e. The van der Waals surface area contributed by atoms with E-state index in [9.17, 15) is 14.9 Å². The van der Waals surface area contributed by atoms with Crippen LogP contribution in [0.1, 0.15) is 50.3 Å². The summed E-state index contributed by atoms with van der Waals surface area (Å²) in [6.07, 6.45) is 2.52. The zero-order valence-corrected chi connectivity index (χ0v) is 17.5. The minimum absolute atomic E-state index is 0.0502. The van der Waals surface area contributed by atoms with Crippen LogP contribution in [0, 0.1) is 24.2 Å². The number of hydrogen-bond acceptors (Lipinski definition) is 4. The predicted molar refractivity (Wildman–Crippen MR) is 110 cm³/mol. The maximum Gasteiger partial charge on any atom is 0.240 e. The summed E-state index contributed by atoms with van der Waals surface area (Å²) in [6.45, 7) is 8.20. The molecule has 1 aromatic rings. The normalized spacial score (nSPS) is 28.6. The number of rotatable bonds is 5. The topological polar surface area (TPSA) is 67.7 Å². The highest BCUT2D eigenvalue weighted by atomic mass is 16.2. The monoisotopic (exact) mass is 394 g/mol. The molecule has 3 aliphatic rings. The molecule has 0 radical (unpaired) electrons. The minimum atomic E-state index is -0.285. The van der Waals surface area contributed by atoms with E-state index in [0.29, 0.717) is 13.1 Å². The second-order valence-corrected chi connectivity index (χ2v) is 8.91. The molecule has 2 bridgehead atoms. The summed E-state index contributed by atoms with van der Waals surface area (Å²) in [7, 11) is 0. The van der Waals surface area contributed by atoms with Crippen LogP contribution in [0.5, 0.6) is 0 Å². The highest BCUT2D eigenvalue weighted by Crippen LogP contribution is 2.38. The third kappa shape index (κ3) is 3.53. The van der Waals surface area contributed by atoms with E-state index >= 15 is 0 Å². The number of likely N-dealkylation sites (tertiary alicyclic amines) is 3. The average molecular weight is 395 g/mol. The van der Waals surface area contributed by atoms with E-state index in [2.05, 4.69) is 47.9 Å². The van der Waals surface area contributed by atoms with Crippen molar-refractivity contribution < 1.29 is 9.59 Å². The molecule has 3 aliphatic heterocycles. The fourth-order valence-electron chi connectivity index (χ4n) is 5.37. The van der Waals surface area contributed by atoms with Crippen molar-refractivity contribution in [3.05, 3.63) is 35.4 Å². The van der Waals surface area contributed by atoms with Gasteiger partial charge in [-0.15, -0.1) is 0 Å². The molecule has 0 saturated carbocycles. The quantitative estimate of drug-likeness (QED) is 0.770. The van der Waals surface area contributed by atoms with Gasteiger partial charge in [0.1, 0.15) is 6.04 Å². The first kappa shape index (κ1) is 19.9. The van der Waals surface area contributed by atoms with Crippen molar-refractivity contribution in [1.82, 2.24) is 14.7 Å². The van der Waals surface area contributed by atoms with Crippen LogP contribution in [0.25, 0.3) is 0 Å². The molecule has 4 rings (SSSR count). The maximum atomic E-state index is 13.1. The van der Waals surface area contributed by atoms with Crippen molar-refractivity contribution in [2.75, 3.05) is 19.6 Å². The van der Waals surface area contributed by atoms with Gasteiger partial charge in [0.05, 0.1) is 18.2 Å². The van der Waals surface area contributed by atoms with Crippen LogP contribution in [-0.4, -0.2) is 64.3 Å². The van der Waals surface area contributed by atoms with Gasteiger partial charge in [0.2, 0.25) is 11.8 Å². The Labute approximate surface area is 173 Å². The first-order chi connectivity index (χ1) is 13.9. The molecule has 0 N–H and O–H groups in total. The average Bonchev–Trinajstić information content (AvgIpc) is 3.41. The number of fused-ring (bicyclic) bond motifs is 2. The summed E-state index contributed by atoms with van der Waals surface area (Å²) >= 11 is 0. The van der Waals surface area contributed by atoms with Gasteiger partial charge in [0.25, 0.3) is 0 Å². The van der Waals surface area contributed by atoms with Gasteiger partial charge in [-0.1, -0.05) is 36.8 Å². The Hall–Kier alpha value is -2.39. The molecule has 0 spiro atoms. The SMILES string of the molecule is Cc1cccc([C@H](C)N2C(=O)[C@@H]3CC2CN3C[C@H](C)C(=O)N2CCC[C@H]2C#N)c1. The molecule has 6 heteroatoms. The van der Waals surface area contributed by atoms with Gasteiger partial charge >= 0.3 is 0 Å². The Bertz CT molecular complexity index is 848. The fourth-order valence-corrected chi connectivity index (χ4v) is 5.37. The molecule has 3 saturated heterocycles. The summed E-state index contributed by atoms with van der Waals surface area (Å²) < 4.78 is 0. The van der Waals surface area contributed by atoms with Crippen LogP contribution < -0.4 is 0 Å². The van der Waals surface area contributed by atoms with E-state index in [-0.39, 0.29) is 41.9 Å². The summed E-state index contributed by atoms with van der Waals surface area (Å²) in [5.74, 6) is 0.0407. The lowest BCUT2D eigenvalue weighted by Crippen LogP contribution is -2.53. The lowest BCUT2D eigenvalue weighted by Gasteiger charge is -2.38. The number of carbonyl (C=O) groups excluding carboxylic acids is 2. The van der Waals surface area contributed by atoms with Crippen LogP contribution in [0.15, 0.2) is 24.3 Å². The van der Waals surface area contributed by atoms with Crippen molar-refractivity contribution in [2.45, 2.75) is 64.2 Å². The summed E-state index contributed by atoms with van der Waals surface area (Å²) in [6, 6.07) is 10.5. The summed E-state index contributed by atoms with van der Waals surface area (Å²) in [5.41, 5.74) is 2.38. The molecular weight excluding hydrogens is 364 g/mol. The number of amides is 2. The highest BCUT2D eigenvalue weighted by molar-refractivity contribution is 5.86. The Balaban J connectivity index is 1.40. The Morgan fingerprint density at radius 1 is 1.34 bits per heavy atom. The molecule has 3 heterocycles. The Morgan fingerprint density at radius 2 is 2.14 bits per heavy atom. The molecule has 1 aromatic carbocycles. The van der Waals surface area contributed by atoms with E-state index in [4.69, 9.17) is 0 Å². The van der Waals surface area contributed by atoms with Crippen molar-refractivity contribution >= 4 is 11.8 Å². The van der Waals surface area contributed by atoms with E-state index in [1.165, 1.54) is 11.1 Å². The van der Waals surface area contributed by atoms with Crippen molar-refractivity contribution in [3.63, 3.8) is 0 Å². The fraction of sp³-hybridized carbons (Fsp3) is 0.609. The molecule has 154 valence electrons. The third-order valence-corrected chi connectivity index (χ3v) is 6.87. The third-order valence-electron chi connectivity index (χ3n) is 6.87. The van der Waals surface area contributed by atoms with Crippen LogP contribution in [0.4, 0.5) is 0 Å². The van der Waals surface area contributed by atoms with Crippen molar-refractivity contribution in [2.24, 2.45) is 5.92 Å². The first-order valence-electron chi connectivity index (χ1n) is 10.7. The van der Waals surface area contributed by atoms with Gasteiger partial charge in [-0.25, -0.2) is 0 Å². The van der Waals surface area contributed by atoms with Gasteiger partial charge in [0, 0.05) is 31.6 Å². The molecule has 3 fully saturated rings. The van der Waals surface area contributed by atoms with E-state index < -0.39 is 0 Å². The standard InChI is InChI=1S/C23H30N4O2/c1-15-6-4-7-18(10-15)17(3)27-20-11-21(23(27)29)25(14-20)13-16(2)22(28)26-9-5-8-19(26)12-24/h4,6-7,10,16-17,19-21H,5,8-9,11,13-14H2,1-3H3/t16-,17-,19-,20?,21-/m0/s1. The van der Waals surface area contributed by atoms with Crippen molar-refractivity contribution in [1.29, 1.82) is 5.26 Å². The van der Waals surface area contributed by atoms with Gasteiger partial charge in [-0.3, -0.25) is 14.5 Å². The Kier molecular flexibility index (Phi) is 5.35. The molecule has 6 nitrogen and oxygen atoms in total. The summed E-state index contributed by atoms with van der Waals surface area (Å²) in [5, 5.41) is 9.26. The molecule has 29 heavy (non-hydrogen) atoms. The van der Waals surface area contributed by atoms with Crippen LogP contribution >= 0.6 is 0 Å². The Morgan fingerprint density at radius 3 is 2.83 bits per heavy atom. The zero-order valence-electron chi connectivity index (χ0n) is 17.5. The molecule has 0 aliphatic carbocycles. The van der Waals surface area contributed by atoms with Gasteiger partial charge in [-0.05, 0) is 38.7 Å². The predicted octanol–water partition coefficient (Wildman–Crippen LogP) is 2.49. The number of nitriles is 1. The molecular formula is C23H30N4O2. The molecule has 1 unspecified atom stereocenters. The number of piperazine rings is 1. The lowest BCUT2D eigenvalue weighted by molar-refractivity contribution is -0.142. The number of carbonyl (C=O) groups is 2. The molecule has 0 aromatic heterocycles. The number of hydrogen-bond donors (Lipinski definition) is 0. The number of aryl methyl sites for hydroxylation is 1. The first-order valence-corrected chi connectivity index (χ1v) is 10.7. The lowest BCUT2D eigenvalue weighted by atomic mass is 10.0. The zero-order chi connectivity index (χ0) is 20.7. The highest BCUT2D eigenvalue weighted by Gasteiger charge is 2.51. The summed E-state index contributed by atoms with van der Waals surface area (Å²) in [4.78, 5) is 31.9. The van der Waals surface area contributed by atoms with Crippen LogP contribution in [0.2, 0.25) is 0 Å². The van der Waals surface area contributed by atoms with Crippen LogP contribution in [0.3, 0.4) is 0 Å². The smallest absolute Gasteiger partial charge is 0.240 e. The second kappa shape index (κ2) is 7.79. The second-order valence-electron chi connectivity index (χ2n) is 8.91. The van der Waals surface area contributed by atoms with Crippen molar-refractivity contribution in [3.8, 4) is 6.07 Å². The van der Waals surface area contributed by atoms with Gasteiger partial charge < -0.3 is 9.80 Å². The number of benzene rings is 1. The molecule has 5 atom stereocenters. The number of nitrogens with zero attached hydrogens (tertiary/aromatic N) is 4. The van der Waals surface area contributed by atoms with Crippen LogP contribution in [-0.2, 0) is 9.59 Å². The minimum Gasteiger partial charge on any atom is -0.330 e. The van der Waals surface area contributed by atoms with E-state index in [1.807, 2.05) is 13.0 Å². The van der Waals surface area contributed by atoms with Gasteiger partial charge in [-0.2, -0.15) is 5.26 Å². The molecule has 2 amide bonds. The van der Waals surface area contributed by atoms with Gasteiger partial charge in [0.15, 0.2) is 0 Å². The van der Waals surface area contributed by atoms with E-state index in [1.54, 1.807) is 4.90 Å².